The largest absolute Gasteiger partial charge is 0.420 e. The second kappa shape index (κ2) is 6.23. The predicted molar refractivity (Wildman–Crippen MR) is 82.6 cm³/mol. The second-order valence-corrected chi connectivity index (χ2v) is 5.70. The van der Waals surface area contributed by atoms with Gasteiger partial charge in [0.15, 0.2) is 5.75 Å². The average molecular weight is 350 g/mol. The van der Waals surface area contributed by atoms with Crippen LogP contribution in [-0.4, -0.2) is 5.97 Å². The van der Waals surface area contributed by atoms with Gasteiger partial charge in [-0.25, -0.2) is 4.79 Å². The Morgan fingerprint density at radius 1 is 0.900 bits per heavy atom. The molecular formula is C14H8Cl4O2. The third-order valence-corrected chi connectivity index (χ3v) is 3.79. The van der Waals surface area contributed by atoms with E-state index in [9.17, 15) is 4.79 Å². The molecule has 2 aromatic rings. The number of carbonyl (C=O) groups is 1. The lowest BCUT2D eigenvalue weighted by molar-refractivity contribution is 0.0735. The SMILES string of the molecule is Cc1cc(Cl)c(OC(=O)c2ccc(Cl)c(Cl)c2)c(Cl)c1. The number of hydrogen-bond acceptors (Lipinski definition) is 2. The minimum absolute atomic E-state index is 0.120. The molecule has 0 unspecified atom stereocenters. The van der Waals surface area contributed by atoms with Crippen LogP contribution in [0.15, 0.2) is 30.3 Å². The molecule has 0 aliphatic rings. The third kappa shape index (κ3) is 3.39. The lowest BCUT2D eigenvalue weighted by Gasteiger charge is -2.09. The van der Waals surface area contributed by atoms with Crippen LogP contribution in [0.4, 0.5) is 0 Å². The van der Waals surface area contributed by atoms with E-state index in [1.54, 1.807) is 12.1 Å². The molecule has 0 N–H and O–H groups in total. The molecule has 0 fully saturated rings. The molecule has 0 aromatic heterocycles. The Labute approximate surface area is 136 Å². The van der Waals surface area contributed by atoms with Crippen LogP contribution >= 0.6 is 46.4 Å². The highest BCUT2D eigenvalue weighted by Gasteiger charge is 2.15. The van der Waals surface area contributed by atoms with E-state index in [2.05, 4.69) is 0 Å². The van der Waals surface area contributed by atoms with Crippen LogP contribution < -0.4 is 4.74 Å². The monoisotopic (exact) mass is 348 g/mol. The van der Waals surface area contributed by atoms with Gasteiger partial charge in [-0.3, -0.25) is 0 Å². The molecule has 0 aliphatic heterocycles. The zero-order chi connectivity index (χ0) is 14.9. The van der Waals surface area contributed by atoms with Crippen molar-refractivity contribution in [3.8, 4) is 5.75 Å². The first-order valence-electron chi connectivity index (χ1n) is 5.51. The van der Waals surface area contributed by atoms with E-state index in [0.29, 0.717) is 5.02 Å². The van der Waals surface area contributed by atoms with E-state index < -0.39 is 5.97 Å². The molecule has 0 radical (unpaired) electrons. The quantitative estimate of drug-likeness (QED) is 0.503. The maximum atomic E-state index is 12.0. The summed E-state index contributed by atoms with van der Waals surface area (Å²) in [6.45, 7) is 1.84. The highest BCUT2D eigenvalue weighted by Crippen LogP contribution is 2.34. The average Bonchev–Trinajstić information content (AvgIpc) is 2.36. The third-order valence-electron chi connectivity index (χ3n) is 2.49. The van der Waals surface area contributed by atoms with Crippen LogP contribution in [-0.2, 0) is 0 Å². The van der Waals surface area contributed by atoms with Gasteiger partial charge in [0, 0.05) is 0 Å². The van der Waals surface area contributed by atoms with E-state index in [0.717, 1.165) is 5.56 Å². The number of carbonyl (C=O) groups excluding carboxylic acids is 1. The normalized spacial score (nSPS) is 10.4. The van der Waals surface area contributed by atoms with Crippen molar-refractivity contribution in [1.82, 2.24) is 0 Å². The maximum absolute atomic E-state index is 12.0. The summed E-state index contributed by atoms with van der Waals surface area (Å²) in [6.07, 6.45) is 0. The zero-order valence-electron chi connectivity index (χ0n) is 10.2. The first-order valence-corrected chi connectivity index (χ1v) is 7.02. The summed E-state index contributed by atoms with van der Waals surface area (Å²) in [7, 11) is 0. The van der Waals surface area contributed by atoms with Gasteiger partial charge in [0.05, 0.1) is 25.7 Å². The van der Waals surface area contributed by atoms with Gasteiger partial charge in [-0.1, -0.05) is 46.4 Å². The molecule has 6 heteroatoms. The molecule has 2 rings (SSSR count). The van der Waals surface area contributed by atoms with Crippen molar-refractivity contribution in [2.75, 3.05) is 0 Å². The zero-order valence-corrected chi connectivity index (χ0v) is 13.2. The van der Waals surface area contributed by atoms with Gasteiger partial charge in [0.25, 0.3) is 0 Å². The van der Waals surface area contributed by atoms with Gasteiger partial charge in [0.1, 0.15) is 0 Å². The fourth-order valence-corrected chi connectivity index (χ4v) is 2.53. The first-order chi connectivity index (χ1) is 9.38. The standard InChI is InChI=1S/C14H8Cl4O2/c1-7-4-11(17)13(12(18)5-7)20-14(19)8-2-3-9(15)10(16)6-8/h2-6H,1H3. The molecule has 0 aliphatic carbocycles. The molecule has 20 heavy (non-hydrogen) atoms. The van der Waals surface area contributed by atoms with Gasteiger partial charge in [-0.05, 0) is 42.8 Å². The number of aryl methyl sites for hydroxylation is 1. The Hall–Kier alpha value is -0.930. The van der Waals surface area contributed by atoms with E-state index in [-0.39, 0.29) is 26.4 Å². The molecule has 0 atom stereocenters. The number of ether oxygens (including phenoxy) is 1. The molecule has 2 nitrogen and oxygen atoms in total. The Kier molecular flexibility index (Phi) is 4.82. The molecule has 0 saturated heterocycles. The summed E-state index contributed by atoms with van der Waals surface area (Å²) in [6, 6.07) is 7.75. The van der Waals surface area contributed by atoms with Crippen LogP contribution in [0.1, 0.15) is 15.9 Å². The fraction of sp³-hybridized carbons (Fsp3) is 0.0714. The van der Waals surface area contributed by atoms with Crippen LogP contribution in [0, 0.1) is 6.92 Å². The lowest BCUT2D eigenvalue weighted by Crippen LogP contribution is -2.09. The summed E-state index contributed by atoms with van der Waals surface area (Å²) in [4.78, 5) is 12.0. The predicted octanol–water partition coefficient (Wildman–Crippen LogP) is 5.83. The Bertz CT molecular complexity index is 660. The van der Waals surface area contributed by atoms with E-state index in [1.165, 1.54) is 18.2 Å². The summed E-state index contributed by atoms with van der Waals surface area (Å²) in [5.41, 5.74) is 1.13. The van der Waals surface area contributed by atoms with Crippen LogP contribution in [0.2, 0.25) is 20.1 Å². The Balaban J connectivity index is 2.30. The number of benzene rings is 2. The molecular weight excluding hydrogens is 342 g/mol. The minimum atomic E-state index is -0.615. The van der Waals surface area contributed by atoms with Gasteiger partial charge < -0.3 is 4.74 Å². The molecule has 0 amide bonds. The molecule has 0 spiro atoms. The maximum Gasteiger partial charge on any atom is 0.343 e. The number of hydrogen-bond donors (Lipinski definition) is 0. The van der Waals surface area contributed by atoms with E-state index in [1.807, 2.05) is 6.92 Å². The lowest BCUT2D eigenvalue weighted by atomic mass is 10.2. The van der Waals surface area contributed by atoms with Crippen LogP contribution in [0.5, 0.6) is 5.75 Å². The van der Waals surface area contributed by atoms with Crippen LogP contribution in [0.3, 0.4) is 0 Å². The highest BCUT2D eigenvalue weighted by molar-refractivity contribution is 6.42. The summed E-state index contributed by atoms with van der Waals surface area (Å²) >= 11 is 23.7. The van der Waals surface area contributed by atoms with Crippen molar-refractivity contribution in [3.63, 3.8) is 0 Å². The van der Waals surface area contributed by atoms with Crippen LogP contribution in [0.25, 0.3) is 0 Å². The summed E-state index contributed by atoms with van der Waals surface area (Å²) < 4.78 is 5.21. The van der Waals surface area contributed by atoms with Gasteiger partial charge in [0.2, 0.25) is 0 Å². The molecule has 2 aromatic carbocycles. The Morgan fingerprint density at radius 2 is 1.50 bits per heavy atom. The minimum Gasteiger partial charge on any atom is -0.420 e. The van der Waals surface area contributed by atoms with Crippen molar-refractivity contribution >= 4 is 52.4 Å². The topological polar surface area (TPSA) is 26.3 Å². The van der Waals surface area contributed by atoms with Gasteiger partial charge in [-0.2, -0.15) is 0 Å². The fourth-order valence-electron chi connectivity index (χ4n) is 1.56. The number of halogens is 4. The number of rotatable bonds is 2. The van der Waals surface area contributed by atoms with E-state index in [4.69, 9.17) is 51.1 Å². The molecule has 0 saturated carbocycles. The van der Waals surface area contributed by atoms with Crippen molar-refractivity contribution in [1.29, 1.82) is 0 Å². The second-order valence-electron chi connectivity index (χ2n) is 4.08. The Morgan fingerprint density at radius 3 is 2.05 bits per heavy atom. The van der Waals surface area contributed by atoms with Gasteiger partial charge >= 0.3 is 5.97 Å². The van der Waals surface area contributed by atoms with Gasteiger partial charge in [-0.15, -0.1) is 0 Å². The smallest absolute Gasteiger partial charge is 0.343 e. The molecule has 0 heterocycles. The molecule has 104 valence electrons. The summed E-state index contributed by atoms with van der Waals surface area (Å²) in [5.74, 6) is -0.494. The molecule has 0 bridgehead atoms. The van der Waals surface area contributed by atoms with Crippen molar-refractivity contribution in [2.24, 2.45) is 0 Å². The first kappa shape index (κ1) is 15.5. The van der Waals surface area contributed by atoms with Crippen molar-refractivity contribution < 1.29 is 9.53 Å². The summed E-state index contributed by atoms with van der Waals surface area (Å²) in [5, 5.41) is 1.16. The van der Waals surface area contributed by atoms with Crippen molar-refractivity contribution in [2.45, 2.75) is 6.92 Å². The van der Waals surface area contributed by atoms with E-state index >= 15 is 0 Å². The van der Waals surface area contributed by atoms with Crippen molar-refractivity contribution in [3.05, 3.63) is 61.5 Å². The highest BCUT2D eigenvalue weighted by atomic mass is 35.5. The number of esters is 1.